The van der Waals surface area contributed by atoms with Gasteiger partial charge in [-0.15, -0.1) is 0 Å². The summed E-state index contributed by atoms with van der Waals surface area (Å²) in [5.41, 5.74) is 2.62. The monoisotopic (exact) mass is 522 g/mol. The average Bonchev–Trinajstić information content (AvgIpc) is 2.76. The topological polar surface area (TPSA) is 74.2 Å². The van der Waals surface area contributed by atoms with E-state index < -0.39 is 12.4 Å². The van der Waals surface area contributed by atoms with Crippen molar-refractivity contribution in [2.24, 2.45) is 0 Å². The first-order valence-electron chi connectivity index (χ1n) is 11.1. The Morgan fingerprint density at radius 3 is 2.36 bits per heavy atom. The number of carboxylic acids is 1. The fraction of sp³-hybridized carbons (Fsp3) is 0.500. The van der Waals surface area contributed by atoms with E-state index in [4.69, 9.17) is 18.9 Å². The fourth-order valence-corrected chi connectivity index (χ4v) is 6.44. The van der Waals surface area contributed by atoms with Crippen LogP contribution < -0.4 is 18.4 Å². The van der Waals surface area contributed by atoms with Crippen LogP contribution in [0, 0.1) is 0 Å². The van der Waals surface area contributed by atoms with E-state index in [9.17, 15) is 9.90 Å². The van der Waals surface area contributed by atoms with Crippen molar-refractivity contribution in [1.82, 2.24) is 0 Å². The van der Waals surface area contributed by atoms with Gasteiger partial charge in [-0.2, -0.15) is 0 Å². The van der Waals surface area contributed by atoms with Crippen molar-refractivity contribution in [3.05, 3.63) is 47.0 Å². The Morgan fingerprint density at radius 2 is 1.76 bits per heavy atom. The Kier molecular flexibility index (Phi) is 7.80. The second-order valence-electron chi connectivity index (χ2n) is 9.48. The molecule has 1 aliphatic carbocycles. The van der Waals surface area contributed by atoms with Crippen LogP contribution in [0.1, 0.15) is 68.9 Å². The van der Waals surface area contributed by atoms with Crippen molar-refractivity contribution in [3.63, 3.8) is 0 Å². The molecule has 0 amide bonds. The first-order chi connectivity index (χ1) is 15.5. The summed E-state index contributed by atoms with van der Waals surface area (Å²) in [5, 5.41) is 9.46. The van der Waals surface area contributed by atoms with Gasteiger partial charge in [-0.3, -0.25) is 0 Å². The van der Waals surface area contributed by atoms with Gasteiger partial charge in [0.05, 0.1) is 0 Å². The van der Waals surface area contributed by atoms with Gasteiger partial charge in [0.2, 0.25) is 0 Å². The Balaban J connectivity index is 2.15. The molecule has 0 aliphatic heterocycles. The minimum atomic E-state index is -0.952. The van der Waals surface area contributed by atoms with Crippen LogP contribution in [-0.4, -0.2) is 53.3 Å². The number of hydrogen-bond donors (Lipinski definition) is 1. The van der Waals surface area contributed by atoms with Crippen LogP contribution in [0.3, 0.4) is 0 Å². The summed E-state index contributed by atoms with van der Waals surface area (Å²) < 4.78 is 24.8. The van der Waals surface area contributed by atoms with E-state index in [0.29, 0.717) is 12.4 Å². The summed E-state index contributed by atoms with van der Waals surface area (Å²) >= 11 is -0.199. The standard InChI is InChI=1S/C26H34O6Se/c1-8-31-24(30-7)32-20-15-17(14-18-22(20)26(4,5)12-11-25(18,2)3)33-21-13-16(23(27)28)9-10-19(21)29-6/h9-10,13-15,24H,8,11-12H2,1-7H3,(H,27,28). The molecule has 0 heterocycles. The van der Waals surface area contributed by atoms with Crippen molar-refractivity contribution < 1.29 is 28.8 Å². The molecule has 2 aromatic rings. The molecule has 0 fully saturated rings. The normalized spacial score (nSPS) is 17.2. The predicted octanol–water partition coefficient (Wildman–Crippen LogP) is 3.74. The molecule has 0 radical (unpaired) electrons. The molecule has 3 rings (SSSR count). The molecule has 180 valence electrons. The van der Waals surface area contributed by atoms with E-state index in [1.54, 1.807) is 32.4 Å². The molecule has 2 aromatic carbocycles. The van der Waals surface area contributed by atoms with E-state index in [1.807, 2.05) is 6.92 Å². The molecule has 0 saturated carbocycles. The Morgan fingerprint density at radius 1 is 1.06 bits per heavy atom. The van der Waals surface area contributed by atoms with Crippen LogP contribution in [0.25, 0.3) is 0 Å². The van der Waals surface area contributed by atoms with Crippen LogP contribution >= 0.6 is 0 Å². The van der Waals surface area contributed by atoms with Crippen LogP contribution in [0.15, 0.2) is 30.3 Å². The molecule has 33 heavy (non-hydrogen) atoms. The molecular weight excluding hydrogens is 487 g/mol. The van der Waals surface area contributed by atoms with Crippen LogP contribution in [0.5, 0.6) is 11.5 Å². The van der Waals surface area contributed by atoms with E-state index in [2.05, 4.69) is 39.8 Å². The first kappa shape index (κ1) is 25.6. The van der Waals surface area contributed by atoms with Crippen molar-refractivity contribution in [1.29, 1.82) is 0 Å². The Bertz CT molecular complexity index is 1010. The summed E-state index contributed by atoms with van der Waals surface area (Å²) in [4.78, 5) is 11.5. The Hall–Kier alpha value is -2.05. The van der Waals surface area contributed by atoms with Crippen molar-refractivity contribution in [2.75, 3.05) is 20.8 Å². The number of aromatic carboxylic acids is 1. The number of carboxylic acid groups (broad SMARTS) is 1. The number of carbonyl (C=O) groups is 1. The zero-order valence-corrected chi connectivity index (χ0v) is 22.2. The molecule has 1 unspecified atom stereocenters. The number of ether oxygens (including phenoxy) is 4. The van der Waals surface area contributed by atoms with E-state index in [0.717, 1.165) is 27.5 Å². The molecule has 0 aromatic heterocycles. The number of benzene rings is 2. The molecular formula is C26H34O6Se. The summed E-state index contributed by atoms with van der Waals surface area (Å²) in [6.45, 7) is 10.6. The van der Waals surface area contributed by atoms with Crippen LogP contribution in [0.4, 0.5) is 0 Å². The number of rotatable bonds is 9. The molecule has 6 nitrogen and oxygen atoms in total. The van der Waals surface area contributed by atoms with Crippen LogP contribution in [0.2, 0.25) is 0 Å². The second kappa shape index (κ2) is 10.1. The zero-order chi connectivity index (χ0) is 24.4. The maximum atomic E-state index is 11.5. The van der Waals surface area contributed by atoms with Crippen molar-refractivity contribution in [2.45, 2.75) is 64.8 Å². The van der Waals surface area contributed by atoms with Crippen molar-refractivity contribution in [3.8, 4) is 11.5 Å². The number of hydrogen-bond acceptors (Lipinski definition) is 5. The number of fused-ring (bicyclic) bond motifs is 1. The summed E-state index contributed by atoms with van der Waals surface area (Å²) in [6, 6.07) is 9.31. The number of methoxy groups -OCH3 is 2. The zero-order valence-electron chi connectivity index (χ0n) is 20.5. The van der Waals surface area contributed by atoms with Gasteiger partial charge in [-0.1, -0.05) is 0 Å². The fourth-order valence-electron chi connectivity index (χ4n) is 4.26. The molecule has 0 bridgehead atoms. The van der Waals surface area contributed by atoms with E-state index in [1.165, 1.54) is 11.1 Å². The van der Waals surface area contributed by atoms with Gasteiger partial charge in [0.25, 0.3) is 0 Å². The molecule has 0 saturated heterocycles. The van der Waals surface area contributed by atoms with Gasteiger partial charge in [0.1, 0.15) is 0 Å². The van der Waals surface area contributed by atoms with Crippen molar-refractivity contribution >= 4 is 29.8 Å². The third-order valence-corrected chi connectivity index (χ3v) is 8.33. The summed E-state index contributed by atoms with van der Waals surface area (Å²) in [7, 11) is 3.17. The predicted molar refractivity (Wildman–Crippen MR) is 130 cm³/mol. The molecule has 7 heteroatoms. The minimum absolute atomic E-state index is 0.0176. The van der Waals surface area contributed by atoms with Gasteiger partial charge in [-0.25, -0.2) is 0 Å². The van der Waals surface area contributed by atoms with E-state index in [-0.39, 0.29) is 31.4 Å². The van der Waals surface area contributed by atoms with Gasteiger partial charge >= 0.3 is 203 Å². The SMILES string of the molecule is CCOC(OC)Oc1cc([Se]c2cc(C(=O)O)ccc2OC)cc2c1C(C)(C)CCC2(C)C. The van der Waals surface area contributed by atoms with Gasteiger partial charge < -0.3 is 0 Å². The molecule has 0 spiro atoms. The first-order valence-corrected chi connectivity index (χ1v) is 12.8. The van der Waals surface area contributed by atoms with E-state index >= 15 is 0 Å². The quantitative estimate of drug-likeness (QED) is 0.401. The molecule has 1 N–H and O–H groups in total. The Labute approximate surface area is 202 Å². The van der Waals surface area contributed by atoms with Crippen LogP contribution in [-0.2, 0) is 20.3 Å². The summed E-state index contributed by atoms with van der Waals surface area (Å²) in [6.07, 6.45) is 2.12. The third kappa shape index (κ3) is 5.55. The van der Waals surface area contributed by atoms with Gasteiger partial charge in [0, 0.05) is 0 Å². The average molecular weight is 522 g/mol. The molecule has 1 aliphatic rings. The van der Waals surface area contributed by atoms with Gasteiger partial charge in [0.15, 0.2) is 0 Å². The molecule has 1 atom stereocenters. The maximum absolute atomic E-state index is 11.5. The second-order valence-corrected chi connectivity index (χ2v) is 11.8. The third-order valence-electron chi connectivity index (χ3n) is 6.21. The summed E-state index contributed by atoms with van der Waals surface area (Å²) in [5.74, 6) is 0.492. The van der Waals surface area contributed by atoms with Gasteiger partial charge in [-0.05, 0) is 0 Å².